The van der Waals surface area contributed by atoms with Crippen LogP contribution in [0.15, 0.2) is 24.3 Å². The Kier molecular flexibility index (Phi) is 4.20. The summed E-state index contributed by atoms with van der Waals surface area (Å²) in [4.78, 5) is 22.8. The quantitative estimate of drug-likeness (QED) is 0.822. The third-order valence-electron chi connectivity index (χ3n) is 3.40. The number of nitrogens with one attached hydrogen (secondary N) is 1. The fourth-order valence-corrected chi connectivity index (χ4v) is 2.18. The summed E-state index contributed by atoms with van der Waals surface area (Å²) >= 11 is 0. The highest BCUT2D eigenvalue weighted by Crippen LogP contribution is 2.32. The number of amides is 1. The number of carbonyl (C=O) groups is 2. The Morgan fingerprint density at radius 3 is 2.74 bits per heavy atom. The number of carboxylic acids is 1. The average molecular weight is 261 g/mol. The summed E-state index contributed by atoms with van der Waals surface area (Å²) in [6.45, 7) is 2.01. The number of hydrogen-bond donors (Lipinski definition) is 2. The van der Waals surface area contributed by atoms with Gasteiger partial charge in [0.15, 0.2) is 0 Å². The molecule has 0 heterocycles. The van der Waals surface area contributed by atoms with Crippen LogP contribution in [-0.4, -0.2) is 23.0 Å². The van der Waals surface area contributed by atoms with Crippen molar-refractivity contribution in [2.45, 2.75) is 38.6 Å². The second-order valence-electron chi connectivity index (χ2n) is 5.21. The lowest BCUT2D eigenvalue weighted by Gasteiger charge is -2.13. The summed E-state index contributed by atoms with van der Waals surface area (Å²) < 4.78 is 0. The van der Waals surface area contributed by atoms with Crippen molar-refractivity contribution in [2.75, 3.05) is 0 Å². The summed E-state index contributed by atoms with van der Waals surface area (Å²) in [6.07, 6.45) is 2.77. The number of carboxylic acid groups (broad SMARTS) is 1. The molecule has 1 amide bonds. The van der Waals surface area contributed by atoms with E-state index in [2.05, 4.69) is 5.32 Å². The molecule has 1 aromatic rings. The number of aryl methyl sites for hydroxylation is 2. The van der Waals surface area contributed by atoms with Gasteiger partial charge in [-0.1, -0.05) is 29.8 Å². The third kappa shape index (κ3) is 4.09. The molecule has 0 aromatic heterocycles. The summed E-state index contributed by atoms with van der Waals surface area (Å²) in [5.41, 5.74) is 2.27. The predicted molar refractivity (Wildman–Crippen MR) is 71.8 cm³/mol. The van der Waals surface area contributed by atoms with Gasteiger partial charge in [0.1, 0.15) is 6.04 Å². The Bertz CT molecular complexity index is 480. The lowest BCUT2D eigenvalue weighted by Crippen LogP contribution is -2.42. The van der Waals surface area contributed by atoms with Crippen molar-refractivity contribution < 1.29 is 14.7 Å². The normalized spacial score (nSPS) is 15.8. The van der Waals surface area contributed by atoms with Crippen LogP contribution >= 0.6 is 0 Å². The van der Waals surface area contributed by atoms with Crippen molar-refractivity contribution in [3.05, 3.63) is 35.4 Å². The molecule has 1 aromatic carbocycles. The first-order chi connectivity index (χ1) is 9.06. The van der Waals surface area contributed by atoms with Crippen molar-refractivity contribution in [1.29, 1.82) is 0 Å². The number of carbonyl (C=O) groups excluding carboxylic acids is 1. The first-order valence-electron chi connectivity index (χ1n) is 6.64. The van der Waals surface area contributed by atoms with Crippen molar-refractivity contribution in [3.63, 3.8) is 0 Å². The molecule has 1 fully saturated rings. The molecule has 0 aliphatic heterocycles. The number of hydrogen-bond acceptors (Lipinski definition) is 2. The van der Waals surface area contributed by atoms with Gasteiger partial charge in [-0.25, -0.2) is 4.79 Å². The van der Waals surface area contributed by atoms with E-state index in [4.69, 9.17) is 5.11 Å². The van der Waals surface area contributed by atoms with Crippen molar-refractivity contribution in [3.8, 4) is 0 Å². The molecule has 0 bridgehead atoms. The minimum absolute atomic E-state index is 0.125. The molecule has 2 rings (SSSR count). The molecular weight excluding hydrogens is 242 g/mol. The van der Waals surface area contributed by atoms with Crippen molar-refractivity contribution in [2.24, 2.45) is 5.92 Å². The van der Waals surface area contributed by atoms with Gasteiger partial charge in [-0.05, 0) is 37.7 Å². The first-order valence-corrected chi connectivity index (χ1v) is 6.64. The third-order valence-corrected chi connectivity index (χ3v) is 3.40. The van der Waals surface area contributed by atoms with E-state index >= 15 is 0 Å². The van der Waals surface area contributed by atoms with E-state index in [1.54, 1.807) is 0 Å². The van der Waals surface area contributed by atoms with Crippen LogP contribution in [-0.2, 0) is 16.0 Å². The predicted octanol–water partition coefficient (Wildman–Crippen LogP) is 1.91. The topological polar surface area (TPSA) is 66.4 Å². The maximum atomic E-state index is 11.8. The maximum Gasteiger partial charge on any atom is 0.326 e. The summed E-state index contributed by atoms with van der Waals surface area (Å²) in [7, 11) is 0. The largest absolute Gasteiger partial charge is 0.480 e. The molecule has 1 saturated carbocycles. The van der Waals surface area contributed by atoms with E-state index in [0.29, 0.717) is 12.8 Å². The van der Waals surface area contributed by atoms with Gasteiger partial charge < -0.3 is 10.4 Å². The smallest absolute Gasteiger partial charge is 0.326 e. The Hall–Kier alpha value is -1.84. The maximum absolute atomic E-state index is 11.8. The lowest BCUT2D eigenvalue weighted by molar-refractivity contribution is -0.142. The first kappa shape index (κ1) is 13.6. The van der Waals surface area contributed by atoms with Crippen molar-refractivity contribution >= 4 is 11.9 Å². The van der Waals surface area contributed by atoms with E-state index in [0.717, 1.165) is 18.4 Å². The molecule has 4 heteroatoms. The zero-order chi connectivity index (χ0) is 13.8. The highest BCUT2D eigenvalue weighted by atomic mass is 16.4. The highest BCUT2D eigenvalue weighted by Gasteiger charge is 2.37. The molecule has 19 heavy (non-hydrogen) atoms. The van der Waals surface area contributed by atoms with Gasteiger partial charge in [-0.15, -0.1) is 0 Å². The average Bonchev–Trinajstić information content (AvgIpc) is 3.17. The van der Waals surface area contributed by atoms with Crippen LogP contribution in [0.2, 0.25) is 0 Å². The van der Waals surface area contributed by atoms with Crippen LogP contribution in [0.3, 0.4) is 0 Å². The zero-order valence-corrected chi connectivity index (χ0v) is 11.1. The molecule has 1 aliphatic carbocycles. The van der Waals surface area contributed by atoms with Crippen molar-refractivity contribution in [1.82, 2.24) is 5.32 Å². The van der Waals surface area contributed by atoms with Gasteiger partial charge in [0, 0.05) is 6.42 Å². The molecule has 0 saturated heterocycles. The van der Waals surface area contributed by atoms with Crippen LogP contribution in [0.4, 0.5) is 0 Å². The standard InChI is InChI=1S/C15H19NO3/c1-10-3-2-4-11(9-10)5-8-13(17)16-14(15(18)19)12-6-7-12/h2-4,9,12,14H,5-8H2,1H3,(H,16,17)(H,18,19). The summed E-state index contributed by atoms with van der Waals surface area (Å²) in [5.74, 6) is -0.979. The van der Waals surface area contributed by atoms with Crippen LogP contribution < -0.4 is 5.32 Å². The lowest BCUT2D eigenvalue weighted by atomic mass is 10.1. The molecule has 1 atom stereocenters. The van der Waals surface area contributed by atoms with Gasteiger partial charge in [-0.3, -0.25) is 4.79 Å². The fraction of sp³-hybridized carbons (Fsp3) is 0.467. The van der Waals surface area contributed by atoms with Gasteiger partial charge in [-0.2, -0.15) is 0 Å². The van der Waals surface area contributed by atoms with Crippen LogP contribution in [0, 0.1) is 12.8 Å². The van der Waals surface area contributed by atoms with E-state index in [9.17, 15) is 9.59 Å². The monoisotopic (exact) mass is 261 g/mol. The zero-order valence-electron chi connectivity index (χ0n) is 11.1. The molecule has 2 N–H and O–H groups in total. The summed E-state index contributed by atoms with van der Waals surface area (Å²) in [6, 6.07) is 7.30. The van der Waals surface area contributed by atoms with E-state index in [1.807, 2.05) is 31.2 Å². The van der Waals surface area contributed by atoms with Gasteiger partial charge in [0.2, 0.25) is 5.91 Å². The highest BCUT2D eigenvalue weighted by molar-refractivity contribution is 5.84. The minimum Gasteiger partial charge on any atom is -0.480 e. The van der Waals surface area contributed by atoms with E-state index in [-0.39, 0.29) is 11.8 Å². The number of aliphatic carboxylic acids is 1. The molecule has 0 radical (unpaired) electrons. The second kappa shape index (κ2) is 5.87. The Morgan fingerprint density at radius 1 is 1.42 bits per heavy atom. The molecule has 0 spiro atoms. The van der Waals surface area contributed by atoms with Gasteiger partial charge >= 0.3 is 5.97 Å². The fourth-order valence-electron chi connectivity index (χ4n) is 2.18. The Labute approximate surface area is 112 Å². The summed E-state index contributed by atoms with van der Waals surface area (Å²) in [5, 5.41) is 11.7. The van der Waals surface area contributed by atoms with Gasteiger partial charge in [0.25, 0.3) is 0 Å². The molecule has 1 aliphatic rings. The second-order valence-corrected chi connectivity index (χ2v) is 5.21. The molecule has 4 nitrogen and oxygen atoms in total. The number of benzene rings is 1. The van der Waals surface area contributed by atoms with Crippen LogP contribution in [0.5, 0.6) is 0 Å². The van der Waals surface area contributed by atoms with E-state index in [1.165, 1.54) is 5.56 Å². The Balaban J connectivity index is 1.82. The van der Waals surface area contributed by atoms with Gasteiger partial charge in [0.05, 0.1) is 0 Å². The molecule has 102 valence electrons. The van der Waals surface area contributed by atoms with Crippen LogP contribution in [0.1, 0.15) is 30.4 Å². The van der Waals surface area contributed by atoms with E-state index < -0.39 is 12.0 Å². The van der Waals surface area contributed by atoms with Crippen LogP contribution in [0.25, 0.3) is 0 Å². The molecule has 1 unspecified atom stereocenters. The number of rotatable bonds is 6. The Morgan fingerprint density at radius 2 is 2.16 bits per heavy atom. The molecular formula is C15H19NO3. The minimum atomic E-state index is -0.925. The SMILES string of the molecule is Cc1cccc(CCC(=O)NC(C(=O)O)C2CC2)c1.